The van der Waals surface area contributed by atoms with Gasteiger partial charge in [-0.3, -0.25) is 4.79 Å². The number of rotatable bonds is 5. The Balaban J connectivity index is 1.53. The molecule has 0 aliphatic rings. The molecule has 130 valence electrons. The number of anilines is 1. The van der Waals surface area contributed by atoms with Crippen LogP contribution in [0.25, 0.3) is 21.9 Å². The van der Waals surface area contributed by atoms with Crippen molar-refractivity contribution in [3.63, 3.8) is 0 Å². The number of carbonyl (C=O) groups is 1. The lowest BCUT2D eigenvalue weighted by Crippen LogP contribution is -2.14. The van der Waals surface area contributed by atoms with Crippen molar-refractivity contribution >= 4 is 45.3 Å². The SMILES string of the molecule is COc1ccccc1NC(=O)CSc1ncnc2c1[nH]c1ccccc12. The predicted molar refractivity (Wildman–Crippen MR) is 104 cm³/mol. The summed E-state index contributed by atoms with van der Waals surface area (Å²) in [6.45, 7) is 0. The average molecular weight is 364 g/mol. The Morgan fingerprint density at radius 3 is 2.85 bits per heavy atom. The van der Waals surface area contributed by atoms with Crippen molar-refractivity contribution in [2.45, 2.75) is 5.03 Å². The number of fused-ring (bicyclic) bond motifs is 3. The molecule has 0 bridgehead atoms. The molecule has 4 aromatic rings. The van der Waals surface area contributed by atoms with Crippen LogP contribution < -0.4 is 10.1 Å². The molecule has 0 aliphatic carbocycles. The first-order valence-electron chi connectivity index (χ1n) is 8.03. The van der Waals surface area contributed by atoms with Gasteiger partial charge in [0.1, 0.15) is 22.6 Å². The highest BCUT2D eigenvalue weighted by molar-refractivity contribution is 8.00. The largest absolute Gasteiger partial charge is 0.495 e. The van der Waals surface area contributed by atoms with E-state index in [1.807, 2.05) is 42.5 Å². The van der Waals surface area contributed by atoms with Gasteiger partial charge in [-0.15, -0.1) is 0 Å². The van der Waals surface area contributed by atoms with Gasteiger partial charge in [0.05, 0.1) is 24.1 Å². The molecule has 0 saturated heterocycles. The molecule has 2 heterocycles. The fourth-order valence-corrected chi connectivity index (χ4v) is 3.55. The number of carbonyl (C=O) groups excluding carboxylic acids is 1. The lowest BCUT2D eigenvalue weighted by Gasteiger charge is -2.09. The van der Waals surface area contributed by atoms with E-state index in [2.05, 4.69) is 20.3 Å². The Morgan fingerprint density at radius 1 is 1.15 bits per heavy atom. The number of ether oxygens (including phenoxy) is 1. The van der Waals surface area contributed by atoms with Gasteiger partial charge in [-0.1, -0.05) is 42.1 Å². The number of aromatic nitrogens is 3. The zero-order valence-electron chi connectivity index (χ0n) is 14.0. The minimum absolute atomic E-state index is 0.123. The van der Waals surface area contributed by atoms with E-state index in [1.165, 1.54) is 18.1 Å². The van der Waals surface area contributed by atoms with Gasteiger partial charge >= 0.3 is 0 Å². The summed E-state index contributed by atoms with van der Waals surface area (Å²) in [5.74, 6) is 0.743. The van der Waals surface area contributed by atoms with Crippen LogP contribution in [0.3, 0.4) is 0 Å². The molecule has 0 spiro atoms. The van der Waals surface area contributed by atoms with E-state index in [9.17, 15) is 4.79 Å². The van der Waals surface area contributed by atoms with Crippen molar-refractivity contribution in [2.75, 3.05) is 18.2 Å². The molecule has 4 rings (SSSR count). The molecule has 0 radical (unpaired) electrons. The summed E-state index contributed by atoms with van der Waals surface area (Å²) in [4.78, 5) is 24.4. The van der Waals surface area contributed by atoms with Gasteiger partial charge in [-0.05, 0) is 18.2 Å². The number of hydrogen-bond acceptors (Lipinski definition) is 5. The third-order valence-electron chi connectivity index (χ3n) is 3.98. The zero-order valence-corrected chi connectivity index (χ0v) is 14.8. The number of H-pyrrole nitrogens is 1. The lowest BCUT2D eigenvalue weighted by molar-refractivity contribution is -0.113. The van der Waals surface area contributed by atoms with Crippen LogP contribution in [-0.2, 0) is 4.79 Å². The molecule has 0 saturated carbocycles. The molecule has 6 nitrogen and oxygen atoms in total. The minimum atomic E-state index is -0.123. The molecule has 7 heteroatoms. The highest BCUT2D eigenvalue weighted by Gasteiger charge is 2.13. The summed E-state index contributed by atoms with van der Waals surface area (Å²) >= 11 is 1.37. The van der Waals surface area contributed by atoms with Crippen LogP contribution in [0.4, 0.5) is 5.69 Å². The van der Waals surface area contributed by atoms with Crippen LogP contribution in [-0.4, -0.2) is 33.7 Å². The first kappa shape index (κ1) is 16.4. The standard InChI is InChI=1S/C19H16N4O2S/c1-25-15-9-5-4-8-14(15)22-16(24)10-26-19-18-17(20-11-21-19)12-6-2-3-7-13(12)23-18/h2-9,11,23H,10H2,1H3,(H,22,24). The smallest absolute Gasteiger partial charge is 0.234 e. The monoisotopic (exact) mass is 364 g/mol. The maximum absolute atomic E-state index is 12.3. The fourth-order valence-electron chi connectivity index (χ4n) is 2.80. The van der Waals surface area contributed by atoms with E-state index < -0.39 is 0 Å². The fraction of sp³-hybridized carbons (Fsp3) is 0.105. The second-order valence-electron chi connectivity index (χ2n) is 5.61. The summed E-state index contributed by atoms with van der Waals surface area (Å²) in [5, 5.41) is 4.67. The van der Waals surface area contributed by atoms with Gasteiger partial charge in [-0.25, -0.2) is 9.97 Å². The van der Waals surface area contributed by atoms with E-state index in [4.69, 9.17) is 4.74 Å². The van der Waals surface area contributed by atoms with Gasteiger partial charge in [0.25, 0.3) is 0 Å². The predicted octanol–water partition coefficient (Wildman–Crippen LogP) is 3.85. The second-order valence-corrected chi connectivity index (χ2v) is 6.57. The molecular weight excluding hydrogens is 348 g/mol. The average Bonchev–Trinajstić information content (AvgIpc) is 3.06. The van der Waals surface area contributed by atoms with Crippen LogP contribution in [0.1, 0.15) is 0 Å². The van der Waals surface area contributed by atoms with Crippen LogP contribution >= 0.6 is 11.8 Å². The van der Waals surface area contributed by atoms with Crippen molar-refractivity contribution in [2.24, 2.45) is 0 Å². The molecule has 2 N–H and O–H groups in total. The zero-order chi connectivity index (χ0) is 17.9. The number of benzene rings is 2. The molecule has 1 amide bonds. The number of hydrogen-bond donors (Lipinski definition) is 2. The highest BCUT2D eigenvalue weighted by atomic mass is 32.2. The van der Waals surface area contributed by atoms with Crippen molar-refractivity contribution in [1.29, 1.82) is 0 Å². The highest BCUT2D eigenvalue weighted by Crippen LogP contribution is 2.30. The Kier molecular flexibility index (Phi) is 4.45. The maximum Gasteiger partial charge on any atom is 0.234 e. The molecular formula is C19H16N4O2S. The molecule has 0 atom stereocenters. The first-order chi connectivity index (χ1) is 12.8. The van der Waals surface area contributed by atoms with Crippen molar-refractivity contribution in [1.82, 2.24) is 15.0 Å². The van der Waals surface area contributed by atoms with Gasteiger partial charge < -0.3 is 15.0 Å². The maximum atomic E-state index is 12.3. The number of para-hydroxylation sites is 3. The van der Waals surface area contributed by atoms with Crippen molar-refractivity contribution < 1.29 is 9.53 Å². The minimum Gasteiger partial charge on any atom is -0.495 e. The Bertz CT molecular complexity index is 1090. The van der Waals surface area contributed by atoms with E-state index in [1.54, 1.807) is 13.2 Å². The quantitative estimate of drug-likeness (QED) is 0.415. The number of methoxy groups -OCH3 is 1. The second kappa shape index (κ2) is 7.05. The summed E-state index contributed by atoms with van der Waals surface area (Å²) in [5.41, 5.74) is 3.37. The molecule has 0 unspecified atom stereocenters. The van der Waals surface area contributed by atoms with E-state index in [0.29, 0.717) is 11.4 Å². The summed E-state index contributed by atoms with van der Waals surface area (Å²) in [7, 11) is 1.58. The Labute approximate surface area is 154 Å². The van der Waals surface area contributed by atoms with Crippen LogP contribution in [0.2, 0.25) is 0 Å². The van der Waals surface area contributed by atoms with E-state index >= 15 is 0 Å². The first-order valence-corrected chi connectivity index (χ1v) is 9.02. The number of nitrogens with zero attached hydrogens (tertiary/aromatic N) is 2. The topological polar surface area (TPSA) is 79.9 Å². The molecule has 0 aliphatic heterocycles. The summed E-state index contributed by atoms with van der Waals surface area (Å²) in [6, 6.07) is 15.3. The number of aromatic amines is 1. The lowest BCUT2D eigenvalue weighted by atomic mass is 10.2. The van der Waals surface area contributed by atoms with Crippen molar-refractivity contribution in [3.8, 4) is 5.75 Å². The number of nitrogens with one attached hydrogen (secondary N) is 2. The summed E-state index contributed by atoms with van der Waals surface area (Å²) in [6.07, 6.45) is 1.53. The van der Waals surface area contributed by atoms with Gasteiger partial charge in [0.2, 0.25) is 5.91 Å². The third kappa shape index (κ3) is 3.09. The Hall–Kier alpha value is -3.06. The van der Waals surface area contributed by atoms with Gasteiger partial charge in [-0.2, -0.15) is 0 Å². The van der Waals surface area contributed by atoms with Crippen LogP contribution in [0.15, 0.2) is 59.9 Å². The van der Waals surface area contributed by atoms with E-state index in [-0.39, 0.29) is 11.7 Å². The van der Waals surface area contributed by atoms with E-state index in [0.717, 1.165) is 27.0 Å². The van der Waals surface area contributed by atoms with Crippen molar-refractivity contribution in [3.05, 3.63) is 54.9 Å². The van der Waals surface area contributed by atoms with Gasteiger partial charge in [0.15, 0.2) is 0 Å². The normalized spacial score (nSPS) is 11.0. The molecule has 0 fully saturated rings. The Morgan fingerprint density at radius 2 is 1.96 bits per heavy atom. The summed E-state index contributed by atoms with van der Waals surface area (Å²) < 4.78 is 5.25. The van der Waals surface area contributed by atoms with Crippen LogP contribution in [0.5, 0.6) is 5.75 Å². The third-order valence-corrected chi connectivity index (χ3v) is 4.96. The van der Waals surface area contributed by atoms with Crippen LogP contribution in [0, 0.1) is 0 Å². The number of thioether (sulfide) groups is 1. The number of amides is 1. The molecule has 2 aromatic carbocycles. The van der Waals surface area contributed by atoms with Gasteiger partial charge in [0, 0.05) is 10.9 Å². The molecule has 2 aromatic heterocycles. The molecule has 26 heavy (non-hydrogen) atoms.